The lowest BCUT2D eigenvalue weighted by Crippen LogP contribution is -2.47. The van der Waals surface area contributed by atoms with E-state index in [0.717, 1.165) is 12.8 Å². The molecule has 0 bridgehead atoms. The van der Waals surface area contributed by atoms with Gasteiger partial charge in [0.2, 0.25) is 11.2 Å². The number of piperidine rings is 1. The van der Waals surface area contributed by atoms with Crippen molar-refractivity contribution in [3.63, 3.8) is 0 Å². The first kappa shape index (κ1) is 14.3. The Morgan fingerprint density at radius 1 is 1.26 bits per heavy atom. The van der Waals surface area contributed by atoms with Crippen molar-refractivity contribution in [1.82, 2.24) is 20.0 Å². The highest BCUT2D eigenvalue weighted by Gasteiger charge is 2.25. The van der Waals surface area contributed by atoms with Crippen molar-refractivity contribution in [2.45, 2.75) is 52.1 Å². The molecule has 1 N–H and O–H groups in total. The van der Waals surface area contributed by atoms with Gasteiger partial charge in [0.1, 0.15) is 0 Å². The maximum Gasteiger partial charge on any atom is 0.322 e. The lowest BCUT2D eigenvalue weighted by Gasteiger charge is -2.38. The minimum absolute atomic E-state index is 0.137. The Labute approximate surface area is 118 Å². The minimum atomic E-state index is 0.137. The molecule has 2 heterocycles. The van der Waals surface area contributed by atoms with Crippen molar-refractivity contribution in [1.29, 1.82) is 0 Å². The van der Waals surface area contributed by atoms with Crippen molar-refractivity contribution in [2.75, 3.05) is 12.0 Å². The third-order valence-corrected chi connectivity index (χ3v) is 3.45. The largest absolute Gasteiger partial charge is 0.464 e. The van der Waals surface area contributed by atoms with E-state index in [0.29, 0.717) is 24.6 Å². The molecule has 0 saturated carbocycles. The minimum Gasteiger partial charge on any atom is -0.464 e. The van der Waals surface area contributed by atoms with Crippen molar-refractivity contribution >= 4 is 17.5 Å². The van der Waals surface area contributed by atoms with Crippen molar-refractivity contribution in [3.8, 4) is 6.01 Å². The van der Waals surface area contributed by atoms with E-state index in [2.05, 4.69) is 39.2 Å². The van der Waals surface area contributed by atoms with Crippen molar-refractivity contribution < 1.29 is 4.74 Å². The zero-order valence-electron chi connectivity index (χ0n) is 11.6. The molecule has 2 rings (SSSR count). The molecule has 0 radical (unpaired) electrons. The molecule has 0 aromatic carbocycles. The van der Waals surface area contributed by atoms with Crippen LogP contribution in [0.5, 0.6) is 6.01 Å². The fourth-order valence-corrected chi connectivity index (χ4v) is 2.49. The van der Waals surface area contributed by atoms with Crippen LogP contribution in [0.1, 0.15) is 40.0 Å². The Morgan fingerprint density at radius 3 is 2.58 bits per heavy atom. The Balaban J connectivity index is 2.13. The SMILES string of the molecule is CCOc1nc(Cl)nc(NN2C(C)CCCC2C)n1. The topological polar surface area (TPSA) is 63.2 Å². The van der Waals surface area contributed by atoms with E-state index in [1.165, 1.54) is 6.42 Å². The molecular formula is C12H20ClN5O. The molecule has 1 aliphatic heterocycles. The monoisotopic (exact) mass is 285 g/mol. The number of nitrogens with zero attached hydrogens (tertiary/aromatic N) is 4. The molecular weight excluding hydrogens is 266 g/mol. The van der Waals surface area contributed by atoms with E-state index in [4.69, 9.17) is 16.3 Å². The molecule has 1 fully saturated rings. The van der Waals surface area contributed by atoms with Crippen LogP contribution in [0.15, 0.2) is 0 Å². The molecule has 1 aromatic heterocycles. The van der Waals surface area contributed by atoms with Crippen LogP contribution in [0.2, 0.25) is 5.28 Å². The van der Waals surface area contributed by atoms with Gasteiger partial charge in [-0.2, -0.15) is 15.0 Å². The average Bonchev–Trinajstić information content (AvgIpc) is 2.34. The predicted octanol–water partition coefficient (Wildman–Crippen LogP) is 2.51. The molecule has 1 saturated heterocycles. The number of hydrogen-bond donors (Lipinski definition) is 1. The molecule has 2 unspecified atom stereocenters. The highest BCUT2D eigenvalue weighted by molar-refractivity contribution is 6.28. The Bertz CT molecular complexity index is 421. The third-order valence-electron chi connectivity index (χ3n) is 3.28. The van der Waals surface area contributed by atoms with Crippen LogP contribution in [-0.2, 0) is 0 Å². The first-order valence-electron chi connectivity index (χ1n) is 6.69. The molecule has 1 aromatic rings. The quantitative estimate of drug-likeness (QED) is 0.917. The Morgan fingerprint density at radius 2 is 1.95 bits per heavy atom. The van der Waals surface area contributed by atoms with E-state index in [1.54, 1.807) is 0 Å². The second-order valence-corrected chi connectivity index (χ2v) is 5.13. The van der Waals surface area contributed by atoms with E-state index in [9.17, 15) is 0 Å². The second kappa shape index (κ2) is 6.34. The van der Waals surface area contributed by atoms with Crippen molar-refractivity contribution in [3.05, 3.63) is 5.28 Å². The number of hydrazine groups is 1. The summed E-state index contributed by atoms with van der Waals surface area (Å²) in [5, 5.41) is 2.31. The summed E-state index contributed by atoms with van der Waals surface area (Å²) < 4.78 is 5.27. The maximum absolute atomic E-state index is 5.88. The van der Waals surface area contributed by atoms with Gasteiger partial charge in [-0.25, -0.2) is 5.01 Å². The van der Waals surface area contributed by atoms with E-state index in [1.807, 2.05) is 6.92 Å². The average molecular weight is 286 g/mol. The zero-order chi connectivity index (χ0) is 13.8. The summed E-state index contributed by atoms with van der Waals surface area (Å²) in [7, 11) is 0. The van der Waals surface area contributed by atoms with Gasteiger partial charge < -0.3 is 4.74 Å². The summed E-state index contributed by atoms with van der Waals surface area (Å²) in [6, 6.07) is 1.13. The van der Waals surface area contributed by atoms with Crippen LogP contribution in [0.25, 0.3) is 0 Å². The summed E-state index contributed by atoms with van der Waals surface area (Å²) in [4.78, 5) is 12.2. The van der Waals surface area contributed by atoms with Crippen LogP contribution in [0.4, 0.5) is 5.95 Å². The molecule has 0 aliphatic carbocycles. The lowest BCUT2D eigenvalue weighted by molar-refractivity contribution is 0.134. The van der Waals surface area contributed by atoms with Gasteiger partial charge in [-0.3, -0.25) is 5.43 Å². The molecule has 7 heteroatoms. The van der Waals surface area contributed by atoms with Gasteiger partial charge in [0.05, 0.1) is 6.61 Å². The Kier molecular flexibility index (Phi) is 4.76. The number of aromatic nitrogens is 3. The summed E-state index contributed by atoms with van der Waals surface area (Å²) in [6.45, 7) is 6.75. The molecule has 19 heavy (non-hydrogen) atoms. The summed E-state index contributed by atoms with van der Waals surface area (Å²) in [5.41, 5.74) is 3.23. The third kappa shape index (κ3) is 3.67. The first-order valence-corrected chi connectivity index (χ1v) is 7.07. The molecule has 0 spiro atoms. The fraction of sp³-hybridized carbons (Fsp3) is 0.750. The maximum atomic E-state index is 5.88. The van der Waals surface area contributed by atoms with Gasteiger partial charge in [-0.1, -0.05) is 6.42 Å². The smallest absolute Gasteiger partial charge is 0.322 e. The van der Waals surface area contributed by atoms with Crippen molar-refractivity contribution in [2.24, 2.45) is 0 Å². The molecule has 6 nitrogen and oxygen atoms in total. The highest BCUT2D eigenvalue weighted by atomic mass is 35.5. The Hall–Kier alpha value is -1.14. The number of ether oxygens (including phenoxy) is 1. The van der Waals surface area contributed by atoms with Gasteiger partial charge in [0, 0.05) is 12.1 Å². The number of anilines is 1. The van der Waals surface area contributed by atoms with Crippen LogP contribution < -0.4 is 10.2 Å². The van der Waals surface area contributed by atoms with Gasteiger partial charge in [-0.05, 0) is 45.2 Å². The fourth-order valence-electron chi connectivity index (χ4n) is 2.33. The second-order valence-electron chi connectivity index (χ2n) is 4.79. The summed E-state index contributed by atoms with van der Waals surface area (Å²) in [5.74, 6) is 0.434. The lowest BCUT2D eigenvalue weighted by atomic mass is 10.00. The van der Waals surface area contributed by atoms with Crippen LogP contribution >= 0.6 is 11.6 Å². The van der Waals surface area contributed by atoms with Gasteiger partial charge in [0.25, 0.3) is 0 Å². The molecule has 106 valence electrons. The van der Waals surface area contributed by atoms with Gasteiger partial charge >= 0.3 is 6.01 Å². The zero-order valence-corrected chi connectivity index (χ0v) is 12.3. The van der Waals surface area contributed by atoms with Crippen LogP contribution in [-0.4, -0.2) is 38.7 Å². The normalized spacial score (nSPS) is 24.2. The standard InChI is InChI=1S/C12H20ClN5O/c1-4-19-12-15-10(13)14-11(16-12)17-18-8(2)6-5-7-9(18)3/h8-9H,4-7H2,1-3H3,(H,14,15,16,17). The number of rotatable bonds is 4. The van der Waals surface area contributed by atoms with E-state index in [-0.39, 0.29) is 11.3 Å². The predicted molar refractivity (Wildman–Crippen MR) is 74.2 cm³/mol. The van der Waals surface area contributed by atoms with Crippen LogP contribution in [0, 0.1) is 0 Å². The number of halogens is 1. The van der Waals surface area contributed by atoms with Crippen LogP contribution in [0.3, 0.4) is 0 Å². The van der Waals surface area contributed by atoms with Gasteiger partial charge in [-0.15, -0.1) is 0 Å². The van der Waals surface area contributed by atoms with E-state index >= 15 is 0 Å². The van der Waals surface area contributed by atoms with Gasteiger partial charge in [0.15, 0.2) is 0 Å². The number of nitrogens with one attached hydrogen (secondary N) is 1. The van der Waals surface area contributed by atoms with E-state index < -0.39 is 0 Å². The highest BCUT2D eigenvalue weighted by Crippen LogP contribution is 2.23. The number of hydrogen-bond acceptors (Lipinski definition) is 6. The molecule has 0 amide bonds. The first-order chi connectivity index (χ1) is 9.10. The summed E-state index contributed by atoms with van der Waals surface area (Å²) in [6.07, 6.45) is 3.58. The molecule has 2 atom stereocenters. The summed E-state index contributed by atoms with van der Waals surface area (Å²) >= 11 is 5.88. The molecule has 1 aliphatic rings.